The molecule has 2 nitrogen and oxygen atoms in total. The third-order valence-electron chi connectivity index (χ3n) is 2.65. The van der Waals surface area contributed by atoms with Gasteiger partial charge in [0.1, 0.15) is 5.54 Å². The van der Waals surface area contributed by atoms with Gasteiger partial charge in [-0.3, -0.25) is 4.98 Å². The second kappa shape index (κ2) is 4.41. The zero-order valence-corrected chi connectivity index (χ0v) is 9.25. The van der Waals surface area contributed by atoms with Gasteiger partial charge >= 0.3 is 6.18 Å². The van der Waals surface area contributed by atoms with Crippen molar-refractivity contribution in [3.8, 4) is 0 Å². The van der Waals surface area contributed by atoms with E-state index in [4.69, 9.17) is 5.73 Å². The Morgan fingerprint density at radius 3 is 2.25 bits per heavy atom. The quantitative estimate of drug-likeness (QED) is 0.870. The number of pyridine rings is 1. The summed E-state index contributed by atoms with van der Waals surface area (Å²) >= 11 is 0. The molecule has 5 heteroatoms. The molecule has 2 unspecified atom stereocenters. The van der Waals surface area contributed by atoms with Gasteiger partial charge in [-0.2, -0.15) is 13.2 Å². The lowest BCUT2D eigenvalue weighted by Gasteiger charge is -2.30. The minimum Gasteiger partial charge on any atom is -0.318 e. The maximum atomic E-state index is 12.6. The third kappa shape index (κ3) is 2.95. The van der Waals surface area contributed by atoms with Crippen molar-refractivity contribution in [2.75, 3.05) is 0 Å². The summed E-state index contributed by atoms with van der Waals surface area (Å²) < 4.78 is 37.7. The van der Waals surface area contributed by atoms with Crippen LogP contribution in [0.25, 0.3) is 0 Å². The van der Waals surface area contributed by atoms with Crippen molar-refractivity contribution >= 4 is 0 Å². The van der Waals surface area contributed by atoms with Gasteiger partial charge in [0.05, 0.1) is 0 Å². The highest BCUT2D eigenvalue weighted by Crippen LogP contribution is 2.35. The highest BCUT2D eigenvalue weighted by molar-refractivity contribution is 5.16. The molecule has 0 bridgehead atoms. The predicted molar refractivity (Wildman–Crippen MR) is 55.9 cm³/mol. The smallest absolute Gasteiger partial charge is 0.318 e. The van der Waals surface area contributed by atoms with Crippen LogP contribution in [0.4, 0.5) is 13.2 Å². The minimum absolute atomic E-state index is 0.138. The van der Waals surface area contributed by atoms with Gasteiger partial charge < -0.3 is 5.73 Å². The molecule has 1 aromatic rings. The van der Waals surface area contributed by atoms with Crippen LogP contribution < -0.4 is 5.73 Å². The standard InChI is InChI=1S/C11H15F3N2/c1-8(9-3-5-16-6-4-9)7-10(2,15)11(12,13)14/h3-6,8H,7,15H2,1-2H3. The normalized spacial score (nSPS) is 17.9. The fourth-order valence-corrected chi connectivity index (χ4v) is 1.56. The number of rotatable bonds is 3. The molecular formula is C11H15F3N2. The SMILES string of the molecule is CC(CC(C)(N)C(F)(F)F)c1ccncc1. The molecule has 0 aliphatic heterocycles. The number of alkyl halides is 3. The van der Waals surface area contributed by atoms with E-state index in [0.717, 1.165) is 12.5 Å². The molecule has 0 spiro atoms. The molecule has 90 valence electrons. The Morgan fingerprint density at radius 2 is 1.81 bits per heavy atom. The Bertz CT molecular complexity index is 333. The molecule has 1 rings (SSSR count). The van der Waals surface area contributed by atoms with Crippen molar-refractivity contribution in [3.63, 3.8) is 0 Å². The van der Waals surface area contributed by atoms with Crippen molar-refractivity contribution in [1.82, 2.24) is 4.98 Å². The van der Waals surface area contributed by atoms with Crippen LogP contribution >= 0.6 is 0 Å². The molecule has 0 aromatic carbocycles. The molecule has 1 heterocycles. The van der Waals surface area contributed by atoms with E-state index in [2.05, 4.69) is 4.98 Å². The average molecular weight is 232 g/mol. The molecule has 0 radical (unpaired) electrons. The summed E-state index contributed by atoms with van der Waals surface area (Å²) in [6, 6.07) is 3.41. The van der Waals surface area contributed by atoms with Gasteiger partial charge in [-0.05, 0) is 37.0 Å². The summed E-state index contributed by atoms with van der Waals surface area (Å²) in [6.07, 6.45) is -1.39. The lowest BCUT2D eigenvalue weighted by atomic mass is 9.86. The van der Waals surface area contributed by atoms with Crippen LogP contribution in [-0.4, -0.2) is 16.7 Å². The van der Waals surface area contributed by atoms with Gasteiger partial charge in [-0.15, -0.1) is 0 Å². The fourth-order valence-electron chi connectivity index (χ4n) is 1.56. The number of nitrogens with two attached hydrogens (primary N) is 1. The molecule has 1 aromatic heterocycles. The molecule has 0 fully saturated rings. The summed E-state index contributed by atoms with van der Waals surface area (Å²) in [4.78, 5) is 3.82. The van der Waals surface area contributed by atoms with Crippen LogP contribution in [0.15, 0.2) is 24.5 Å². The summed E-state index contributed by atoms with van der Waals surface area (Å²) in [6.45, 7) is 2.75. The van der Waals surface area contributed by atoms with Gasteiger partial charge in [-0.1, -0.05) is 6.92 Å². The molecule has 0 amide bonds. The fraction of sp³-hybridized carbons (Fsp3) is 0.545. The lowest BCUT2D eigenvalue weighted by molar-refractivity contribution is -0.183. The van der Waals surface area contributed by atoms with Gasteiger partial charge in [0, 0.05) is 12.4 Å². The summed E-state index contributed by atoms with van der Waals surface area (Å²) in [5.41, 5.74) is 3.95. The second-order valence-corrected chi connectivity index (χ2v) is 4.30. The first-order valence-corrected chi connectivity index (χ1v) is 4.99. The molecule has 2 atom stereocenters. The third-order valence-corrected chi connectivity index (χ3v) is 2.65. The second-order valence-electron chi connectivity index (χ2n) is 4.30. The predicted octanol–water partition coefficient (Wildman–Crippen LogP) is 2.85. The molecular weight excluding hydrogens is 217 g/mol. The molecule has 0 saturated heterocycles. The van der Waals surface area contributed by atoms with Gasteiger partial charge in [0.2, 0.25) is 0 Å². The average Bonchev–Trinajstić information content (AvgIpc) is 2.16. The molecule has 0 saturated carbocycles. The number of halogens is 3. The first-order valence-electron chi connectivity index (χ1n) is 4.99. The van der Waals surface area contributed by atoms with E-state index in [1.54, 1.807) is 31.5 Å². The van der Waals surface area contributed by atoms with Crippen LogP contribution in [-0.2, 0) is 0 Å². The van der Waals surface area contributed by atoms with Gasteiger partial charge in [0.25, 0.3) is 0 Å². The lowest BCUT2D eigenvalue weighted by Crippen LogP contribution is -2.51. The Balaban J connectivity index is 2.76. The Morgan fingerprint density at radius 1 is 1.31 bits per heavy atom. The molecule has 0 aliphatic rings. The number of hydrogen-bond acceptors (Lipinski definition) is 2. The van der Waals surface area contributed by atoms with Crippen molar-refractivity contribution in [2.24, 2.45) is 5.73 Å². The van der Waals surface area contributed by atoms with E-state index in [1.807, 2.05) is 0 Å². The van der Waals surface area contributed by atoms with Crippen molar-refractivity contribution in [3.05, 3.63) is 30.1 Å². The number of nitrogens with zero attached hydrogens (tertiary/aromatic N) is 1. The Labute approximate surface area is 92.7 Å². The van der Waals surface area contributed by atoms with E-state index in [1.165, 1.54) is 0 Å². The van der Waals surface area contributed by atoms with E-state index in [-0.39, 0.29) is 12.3 Å². The van der Waals surface area contributed by atoms with E-state index in [0.29, 0.717) is 0 Å². The maximum Gasteiger partial charge on any atom is 0.406 e. The number of aromatic nitrogens is 1. The highest BCUT2D eigenvalue weighted by Gasteiger charge is 2.48. The van der Waals surface area contributed by atoms with E-state index >= 15 is 0 Å². The first-order chi connectivity index (χ1) is 7.24. The zero-order chi connectivity index (χ0) is 12.4. The van der Waals surface area contributed by atoms with Crippen LogP contribution in [0.1, 0.15) is 31.7 Å². The summed E-state index contributed by atoms with van der Waals surface area (Å²) in [7, 11) is 0. The monoisotopic (exact) mass is 232 g/mol. The zero-order valence-electron chi connectivity index (χ0n) is 9.25. The van der Waals surface area contributed by atoms with E-state index in [9.17, 15) is 13.2 Å². The Kier molecular flexibility index (Phi) is 3.57. The molecule has 16 heavy (non-hydrogen) atoms. The highest BCUT2D eigenvalue weighted by atomic mass is 19.4. The van der Waals surface area contributed by atoms with Crippen molar-refractivity contribution < 1.29 is 13.2 Å². The van der Waals surface area contributed by atoms with Crippen molar-refractivity contribution in [2.45, 2.75) is 37.9 Å². The Hall–Kier alpha value is -1.10. The largest absolute Gasteiger partial charge is 0.406 e. The van der Waals surface area contributed by atoms with Crippen molar-refractivity contribution in [1.29, 1.82) is 0 Å². The van der Waals surface area contributed by atoms with E-state index < -0.39 is 11.7 Å². The van der Waals surface area contributed by atoms with Gasteiger partial charge in [-0.25, -0.2) is 0 Å². The van der Waals surface area contributed by atoms with Crippen LogP contribution in [0.3, 0.4) is 0 Å². The van der Waals surface area contributed by atoms with Crippen LogP contribution in [0.2, 0.25) is 0 Å². The number of hydrogen-bond donors (Lipinski definition) is 1. The van der Waals surface area contributed by atoms with Crippen LogP contribution in [0.5, 0.6) is 0 Å². The molecule has 0 aliphatic carbocycles. The summed E-state index contributed by atoms with van der Waals surface area (Å²) in [5.74, 6) is -0.250. The van der Waals surface area contributed by atoms with Crippen LogP contribution in [0, 0.1) is 0 Å². The maximum absolute atomic E-state index is 12.6. The van der Waals surface area contributed by atoms with Gasteiger partial charge in [0.15, 0.2) is 0 Å². The molecule has 2 N–H and O–H groups in total. The first kappa shape index (κ1) is 13.0. The summed E-state index contributed by atoms with van der Waals surface area (Å²) in [5, 5.41) is 0. The minimum atomic E-state index is -4.38. The topological polar surface area (TPSA) is 38.9 Å².